The molecule has 0 amide bonds. The van der Waals surface area contributed by atoms with Crippen LogP contribution >= 0.6 is 11.6 Å². The maximum atomic E-state index is 10.7. The molecule has 0 saturated heterocycles. The van der Waals surface area contributed by atoms with E-state index >= 15 is 0 Å². The van der Waals surface area contributed by atoms with Crippen LogP contribution in [0.5, 0.6) is 5.75 Å². The van der Waals surface area contributed by atoms with Crippen molar-refractivity contribution in [2.45, 2.75) is 6.92 Å². The van der Waals surface area contributed by atoms with Crippen molar-refractivity contribution < 1.29 is 14.6 Å². The molecule has 0 spiro atoms. The first kappa shape index (κ1) is 13.4. The van der Waals surface area contributed by atoms with Crippen LogP contribution < -0.4 is 4.74 Å². The summed E-state index contributed by atoms with van der Waals surface area (Å²) in [6.45, 7) is 2.47. The molecule has 2 aromatic rings. The summed E-state index contributed by atoms with van der Waals surface area (Å²) in [4.78, 5) is 14.6. The number of carbonyl (C=O) groups is 1. The van der Waals surface area contributed by atoms with E-state index in [2.05, 4.69) is 4.98 Å². The molecule has 4 nitrogen and oxygen atoms in total. The van der Waals surface area contributed by atoms with Crippen molar-refractivity contribution >= 4 is 17.6 Å². The Bertz CT molecular complexity index is 596. The summed E-state index contributed by atoms with van der Waals surface area (Å²) in [7, 11) is 0. The van der Waals surface area contributed by atoms with Gasteiger partial charge < -0.3 is 9.84 Å². The second-order valence-electron chi connectivity index (χ2n) is 3.81. The van der Waals surface area contributed by atoms with Gasteiger partial charge in [-0.1, -0.05) is 17.7 Å². The predicted octanol–water partition coefficient (Wildman–Crippen LogP) is 3.50. The summed E-state index contributed by atoms with van der Waals surface area (Å²) in [6, 6.07) is 8.49. The number of rotatable bonds is 4. The zero-order valence-corrected chi connectivity index (χ0v) is 11.0. The Kier molecular flexibility index (Phi) is 4.02. The van der Waals surface area contributed by atoms with Gasteiger partial charge in [-0.25, -0.2) is 9.78 Å². The van der Waals surface area contributed by atoms with Gasteiger partial charge in [0, 0.05) is 17.3 Å². The van der Waals surface area contributed by atoms with Gasteiger partial charge in [0.25, 0.3) is 0 Å². The van der Waals surface area contributed by atoms with E-state index in [1.54, 1.807) is 12.1 Å². The Morgan fingerprint density at radius 1 is 1.37 bits per heavy atom. The Labute approximate surface area is 115 Å². The largest absolute Gasteiger partial charge is 0.494 e. The van der Waals surface area contributed by atoms with Crippen LogP contribution in [0.2, 0.25) is 5.02 Å². The van der Waals surface area contributed by atoms with Gasteiger partial charge in [0.15, 0.2) is 0 Å². The highest BCUT2D eigenvalue weighted by atomic mass is 35.5. The van der Waals surface area contributed by atoms with E-state index in [4.69, 9.17) is 21.4 Å². The Balaban J connectivity index is 2.33. The molecular weight excluding hydrogens is 266 g/mol. The molecule has 1 N–H and O–H groups in total. The van der Waals surface area contributed by atoms with Crippen molar-refractivity contribution in [3.8, 4) is 16.9 Å². The van der Waals surface area contributed by atoms with Crippen LogP contribution in [0.3, 0.4) is 0 Å². The topological polar surface area (TPSA) is 59.4 Å². The van der Waals surface area contributed by atoms with Crippen molar-refractivity contribution in [2.24, 2.45) is 0 Å². The molecule has 0 aliphatic carbocycles. The van der Waals surface area contributed by atoms with Gasteiger partial charge in [-0.2, -0.15) is 0 Å². The summed E-state index contributed by atoms with van der Waals surface area (Å²) in [6.07, 6.45) is 1.49. The van der Waals surface area contributed by atoms with E-state index in [1.165, 1.54) is 12.3 Å². The molecule has 1 heterocycles. The predicted molar refractivity (Wildman–Crippen MR) is 72.8 cm³/mol. The van der Waals surface area contributed by atoms with E-state index in [0.717, 1.165) is 11.1 Å². The van der Waals surface area contributed by atoms with Crippen molar-refractivity contribution in [3.05, 3.63) is 47.2 Å². The minimum absolute atomic E-state index is 0.00538. The number of ether oxygens (including phenoxy) is 1. The van der Waals surface area contributed by atoms with Crippen molar-refractivity contribution in [3.63, 3.8) is 0 Å². The first-order valence-electron chi connectivity index (χ1n) is 5.74. The van der Waals surface area contributed by atoms with Crippen LogP contribution in [0.1, 0.15) is 17.4 Å². The fourth-order valence-electron chi connectivity index (χ4n) is 1.67. The molecule has 0 fully saturated rings. The molecule has 1 aromatic heterocycles. The highest BCUT2D eigenvalue weighted by Crippen LogP contribution is 2.30. The van der Waals surface area contributed by atoms with Gasteiger partial charge in [0.2, 0.25) is 0 Å². The lowest BCUT2D eigenvalue weighted by atomic mass is 10.1. The van der Waals surface area contributed by atoms with E-state index < -0.39 is 5.97 Å². The van der Waals surface area contributed by atoms with E-state index in [0.29, 0.717) is 17.4 Å². The summed E-state index contributed by atoms with van der Waals surface area (Å²) in [5.74, 6) is -0.351. The van der Waals surface area contributed by atoms with Crippen LogP contribution in [-0.4, -0.2) is 22.7 Å². The lowest BCUT2D eigenvalue weighted by molar-refractivity contribution is 0.0690. The molecule has 19 heavy (non-hydrogen) atoms. The highest BCUT2D eigenvalue weighted by molar-refractivity contribution is 6.33. The number of nitrogens with zero attached hydrogens (tertiary/aromatic N) is 1. The number of halogens is 1. The lowest BCUT2D eigenvalue weighted by Crippen LogP contribution is -1.99. The number of aromatic nitrogens is 1. The molecule has 1 aromatic carbocycles. The number of aromatic carboxylic acids is 1. The first-order valence-corrected chi connectivity index (χ1v) is 6.11. The lowest BCUT2D eigenvalue weighted by Gasteiger charge is -2.08. The smallest absolute Gasteiger partial charge is 0.354 e. The molecule has 98 valence electrons. The van der Waals surface area contributed by atoms with Crippen LogP contribution in [0.4, 0.5) is 0 Å². The van der Waals surface area contributed by atoms with Crippen LogP contribution in [0.25, 0.3) is 11.1 Å². The van der Waals surface area contributed by atoms with Gasteiger partial charge >= 0.3 is 5.97 Å². The summed E-state index contributed by atoms with van der Waals surface area (Å²) in [5.41, 5.74) is 1.55. The Hall–Kier alpha value is -2.07. The third-order valence-electron chi connectivity index (χ3n) is 2.55. The van der Waals surface area contributed by atoms with E-state index in [-0.39, 0.29) is 5.69 Å². The second kappa shape index (κ2) is 5.71. The van der Waals surface area contributed by atoms with E-state index in [9.17, 15) is 4.79 Å². The zero-order chi connectivity index (χ0) is 13.8. The summed E-state index contributed by atoms with van der Waals surface area (Å²) >= 11 is 6.18. The average Bonchev–Trinajstić information content (AvgIpc) is 2.39. The second-order valence-corrected chi connectivity index (χ2v) is 4.22. The van der Waals surface area contributed by atoms with Crippen LogP contribution in [0, 0.1) is 0 Å². The number of carboxylic acids is 1. The number of pyridine rings is 1. The van der Waals surface area contributed by atoms with Crippen molar-refractivity contribution in [1.82, 2.24) is 4.98 Å². The van der Waals surface area contributed by atoms with Crippen molar-refractivity contribution in [1.29, 1.82) is 0 Å². The highest BCUT2D eigenvalue weighted by Gasteiger charge is 2.08. The average molecular weight is 278 g/mol. The van der Waals surface area contributed by atoms with Gasteiger partial charge in [-0.15, -0.1) is 0 Å². The maximum Gasteiger partial charge on any atom is 0.354 e. The van der Waals surface area contributed by atoms with Crippen molar-refractivity contribution in [2.75, 3.05) is 6.61 Å². The Morgan fingerprint density at radius 3 is 2.68 bits per heavy atom. The number of benzene rings is 1. The SMILES string of the molecule is CCOc1ccc(-c2ccc(C(=O)O)nc2)c(Cl)c1. The molecule has 0 unspecified atom stereocenters. The monoisotopic (exact) mass is 277 g/mol. The van der Waals surface area contributed by atoms with E-state index in [1.807, 2.05) is 19.1 Å². The first-order chi connectivity index (χ1) is 9.11. The van der Waals surface area contributed by atoms with Crippen LogP contribution in [-0.2, 0) is 0 Å². The van der Waals surface area contributed by atoms with Gasteiger partial charge in [-0.05, 0) is 31.2 Å². The minimum Gasteiger partial charge on any atom is -0.494 e. The molecule has 0 aliphatic heterocycles. The molecular formula is C14H12ClNO3. The number of hydrogen-bond donors (Lipinski definition) is 1. The molecule has 2 rings (SSSR count). The quantitative estimate of drug-likeness (QED) is 0.929. The standard InChI is InChI=1S/C14H12ClNO3/c1-2-19-10-4-5-11(12(15)7-10)9-3-6-13(14(17)18)16-8-9/h3-8H,2H2,1H3,(H,17,18). The van der Waals surface area contributed by atoms with Gasteiger partial charge in [0.1, 0.15) is 11.4 Å². The summed E-state index contributed by atoms with van der Waals surface area (Å²) in [5, 5.41) is 9.33. The minimum atomic E-state index is -1.05. The molecule has 0 atom stereocenters. The molecule has 5 heteroatoms. The molecule has 0 aliphatic rings. The third kappa shape index (κ3) is 3.03. The molecule has 0 saturated carbocycles. The fraction of sp³-hybridized carbons (Fsp3) is 0.143. The Morgan fingerprint density at radius 2 is 2.16 bits per heavy atom. The normalized spacial score (nSPS) is 10.2. The summed E-state index contributed by atoms with van der Waals surface area (Å²) < 4.78 is 5.35. The van der Waals surface area contributed by atoms with Gasteiger partial charge in [0.05, 0.1) is 11.6 Å². The zero-order valence-electron chi connectivity index (χ0n) is 10.3. The number of carboxylic acid groups (broad SMARTS) is 1. The van der Waals surface area contributed by atoms with Gasteiger partial charge in [-0.3, -0.25) is 0 Å². The molecule has 0 bridgehead atoms. The fourth-order valence-corrected chi connectivity index (χ4v) is 1.95. The third-order valence-corrected chi connectivity index (χ3v) is 2.86. The van der Waals surface area contributed by atoms with Crippen LogP contribution in [0.15, 0.2) is 36.5 Å². The molecule has 0 radical (unpaired) electrons. The maximum absolute atomic E-state index is 10.7. The number of hydrogen-bond acceptors (Lipinski definition) is 3.